The van der Waals surface area contributed by atoms with E-state index in [1.54, 1.807) is 0 Å². The fraction of sp³-hybridized carbons (Fsp3) is 0.0182. The van der Waals surface area contributed by atoms with Crippen LogP contribution in [0.3, 0.4) is 0 Å². The van der Waals surface area contributed by atoms with Gasteiger partial charge in [-0.05, 0) is 116 Å². The highest BCUT2D eigenvalue weighted by molar-refractivity contribution is 7.26. The Morgan fingerprint density at radius 3 is 1.67 bits per heavy atom. The van der Waals surface area contributed by atoms with E-state index in [-0.39, 0.29) is 0 Å². The Balaban J connectivity index is 0.992. The molecule has 0 saturated carbocycles. The monoisotopic (exact) mass is 755 g/mol. The second-order valence-electron chi connectivity index (χ2n) is 15.5. The minimum absolute atomic E-state index is 0.410. The van der Waals surface area contributed by atoms with Gasteiger partial charge in [0.15, 0.2) is 0 Å². The Hall–Kier alpha value is -7.20. The minimum Gasteiger partial charge on any atom is -0.456 e. The number of benzene rings is 9. The summed E-state index contributed by atoms with van der Waals surface area (Å²) in [6.45, 7) is 0. The molecule has 11 aromatic rings. The third-order valence-corrected chi connectivity index (χ3v) is 13.9. The molecule has 2 nitrogen and oxygen atoms in total. The molecule has 0 atom stereocenters. The summed E-state index contributed by atoms with van der Waals surface area (Å²) in [5.41, 5.74) is 17.7. The van der Waals surface area contributed by atoms with E-state index < -0.39 is 5.41 Å². The van der Waals surface area contributed by atoms with Crippen LogP contribution in [0.2, 0.25) is 0 Å². The zero-order valence-electron chi connectivity index (χ0n) is 31.3. The van der Waals surface area contributed by atoms with Gasteiger partial charge >= 0.3 is 0 Å². The maximum Gasteiger partial charge on any atom is 0.136 e. The summed E-state index contributed by atoms with van der Waals surface area (Å²) < 4.78 is 9.11. The highest BCUT2D eigenvalue weighted by atomic mass is 32.1. The topological polar surface area (TPSA) is 16.4 Å². The maximum absolute atomic E-state index is 6.54. The molecule has 0 N–H and O–H groups in total. The van der Waals surface area contributed by atoms with Crippen LogP contribution in [0.25, 0.3) is 75.5 Å². The lowest BCUT2D eigenvalue weighted by atomic mass is 9.70. The van der Waals surface area contributed by atoms with E-state index in [0.29, 0.717) is 0 Å². The van der Waals surface area contributed by atoms with E-state index in [1.165, 1.54) is 81.0 Å². The molecule has 2 aromatic heterocycles. The molecule has 58 heavy (non-hydrogen) atoms. The number of thiophene rings is 1. The lowest BCUT2D eigenvalue weighted by Crippen LogP contribution is -2.26. The first kappa shape index (κ1) is 31.9. The summed E-state index contributed by atoms with van der Waals surface area (Å²) in [7, 11) is 0. The Kier molecular flexibility index (Phi) is 6.56. The van der Waals surface area contributed by atoms with Gasteiger partial charge in [0.1, 0.15) is 11.2 Å². The van der Waals surface area contributed by atoms with Crippen LogP contribution in [0.1, 0.15) is 22.3 Å². The van der Waals surface area contributed by atoms with Gasteiger partial charge in [-0.2, -0.15) is 0 Å². The van der Waals surface area contributed by atoms with Gasteiger partial charge in [-0.3, -0.25) is 0 Å². The number of para-hydroxylation sites is 1. The van der Waals surface area contributed by atoms with Gasteiger partial charge < -0.3 is 9.32 Å². The summed E-state index contributed by atoms with van der Waals surface area (Å²) >= 11 is 1.85. The number of hydrogen-bond acceptors (Lipinski definition) is 3. The number of rotatable bonds is 4. The zero-order valence-corrected chi connectivity index (χ0v) is 32.1. The number of hydrogen-bond donors (Lipinski definition) is 0. The Bertz CT molecular complexity index is 3400. The molecule has 270 valence electrons. The summed E-state index contributed by atoms with van der Waals surface area (Å²) in [6, 6.07) is 73.6. The number of nitrogens with zero attached hydrogens (tertiary/aromatic N) is 1. The average Bonchev–Trinajstić information content (AvgIpc) is 4.02. The van der Waals surface area contributed by atoms with Crippen LogP contribution < -0.4 is 4.90 Å². The molecule has 0 fully saturated rings. The SMILES string of the molecule is c1ccc(N(c2ccc(-c3cccc4oc5ccc6c7ccccc7sc6c5c34)cc2)c2ccc3c(c2)C2(c4ccccc4-c4ccccc42)c2ccccc2-3)cc1. The highest BCUT2D eigenvalue weighted by Crippen LogP contribution is 2.63. The van der Waals surface area contributed by atoms with Crippen LogP contribution in [-0.4, -0.2) is 0 Å². The Morgan fingerprint density at radius 2 is 0.948 bits per heavy atom. The van der Waals surface area contributed by atoms with Crippen molar-refractivity contribution in [3.8, 4) is 33.4 Å². The molecular weight excluding hydrogens is 723 g/mol. The molecule has 2 aliphatic rings. The van der Waals surface area contributed by atoms with Crippen molar-refractivity contribution >= 4 is 70.5 Å². The highest BCUT2D eigenvalue weighted by Gasteiger charge is 2.51. The largest absolute Gasteiger partial charge is 0.456 e. The molecule has 0 unspecified atom stereocenters. The van der Waals surface area contributed by atoms with Gasteiger partial charge in [0.05, 0.1) is 5.41 Å². The molecule has 0 amide bonds. The van der Waals surface area contributed by atoms with E-state index in [1.807, 2.05) is 11.3 Å². The summed E-state index contributed by atoms with van der Waals surface area (Å²) in [5.74, 6) is 0. The first-order valence-corrected chi connectivity index (χ1v) is 20.7. The van der Waals surface area contributed by atoms with Gasteiger partial charge in [-0.15, -0.1) is 11.3 Å². The van der Waals surface area contributed by atoms with Crippen molar-refractivity contribution in [1.29, 1.82) is 0 Å². The molecule has 0 saturated heterocycles. The molecule has 2 aliphatic carbocycles. The normalized spacial score (nSPS) is 13.3. The zero-order chi connectivity index (χ0) is 38.0. The van der Waals surface area contributed by atoms with Crippen molar-refractivity contribution in [3.05, 3.63) is 222 Å². The Morgan fingerprint density at radius 1 is 0.379 bits per heavy atom. The molecule has 9 aromatic carbocycles. The van der Waals surface area contributed by atoms with E-state index in [9.17, 15) is 0 Å². The predicted molar refractivity (Wildman–Crippen MR) is 243 cm³/mol. The van der Waals surface area contributed by atoms with E-state index in [4.69, 9.17) is 4.42 Å². The van der Waals surface area contributed by atoms with Crippen molar-refractivity contribution in [2.75, 3.05) is 4.90 Å². The smallest absolute Gasteiger partial charge is 0.136 e. The van der Waals surface area contributed by atoms with Crippen molar-refractivity contribution in [1.82, 2.24) is 0 Å². The fourth-order valence-corrected chi connectivity index (χ4v) is 11.6. The third-order valence-electron chi connectivity index (χ3n) is 12.7. The Labute approximate surface area is 339 Å². The lowest BCUT2D eigenvalue weighted by molar-refractivity contribution is 0.669. The van der Waals surface area contributed by atoms with E-state index in [0.717, 1.165) is 33.8 Å². The van der Waals surface area contributed by atoms with Crippen LogP contribution in [0.5, 0.6) is 0 Å². The summed E-state index contributed by atoms with van der Waals surface area (Å²) in [6.07, 6.45) is 0. The molecule has 0 bridgehead atoms. The molecule has 2 heterocycles. The standard InChI is InChI=1S/C55H33NOS/c1-2-13-35(14-3-1)56(37-29-30-42-41-17-6-10-22-47(41)55(48(42)33-37)45-20-8-4-15-39(45)40-16-5-9-21-46(40)55)36-27-25-34(26-28-36)38-19-12-23-49-52(38)53-50(57-49)32-31-44-43-18-7-11-24-51(43)58-54(44)53/h1-33H. The van der Waals surface area contributed by atoms with E-state index >= 15 is 0 Å². The molecule has 0 aliphatic heterocycles. The number of anilines is 3. The van der Waals surface area contributed by atoms with Gasteiger partial charge in [0.2, 0.25) is 0 Å². The third kappa shape index (κ3) is 4.21. The van der Waals surface area contributed by atoms with Crippen LogP contribution >= 0.6 is 11.3 Å². The van der Waals surface area contributed by atoms with Crippen molar-refractivity contribution in [2.45, 2.75) is 5.41 Å². The fourth-order valence-electron chi connectivity index (χ4n) is 10.4. The van der Waals surface area contributed by atoms with Crippen LogP contribution in [0, 0.1) is 0 Å². The van der Waals surface area contributed by atoms with Gasteiger partial charge in [0.25, 0.3) is 0 Å². The average molecular weight is 756 g/mol. The van der Waals surface area contributed by atoms with Gasteiger partial charge in [-0.1, -0.05) is 140 Å². The molecule has 3 heteroatoms. The quantitative estimate of drug-likeness (QED) is 0.178. The first-order chi connectivity index (χ1) is 28.8. The van der Waals surface area contributed by atoms with Crippen LogP contribution in [0.15, 0.2) is 205 Å². The first-order valence-electron chi connectivity index (χ1n) is 19.9. The van der Waals surface area contributed by atoms with Crippen molar-refractivity contribution in [2.24, 2.45) is 0 Å². The maximum atomic E-state index is 6.54. The van der Waals surface area contributed by atoms with Crippen molar-refractivity contribution < 1.29 is 4.42 Å². The second-order valence-corrected chi connectivity index (χ2v) is 16.6. The van der Waals surface area contributed by atoms with Gasteiger partial charge in [0, 0.05) is 48.0 Å². The van der Waals surface area contributed by atoms with Gasteiger partial charge in [-0.25, -0.2) is 0 Å². The number of fused-ring (bicyclic) bond motifs is 17. The summed E-state index contributed by atoms with van der Waals surface area (Å²) in [5, 5.41) is 4.94. The molecule has 13 rings (SSSR count). The molecular formula is C55H33NOS. The van der Waals surface area contributed by atoms with Crippen LogP contribution in [0.4, 0.5) is 17.1 Å². The van der Waals surface area contributed by atoms with Crippen LogP contribution in [-0.2, 0) is 5.41 Å². The lowest BCUT2D eigenvalue weighted by Gasteiger charge is -2.32. The second kappa shape index (κ2) is 11.9. The molecule has 1 spiro atoms. The minimum atomic E-state index is -0.410. The number of furan rings is 1. The predicted octanol–water partition coefficient (Wildman–Crippen LogP) is 15.4. The summed E-state index contributed by atoms with van der Waals surface area (Å²) in [4.78, 5) is 2.40. The van der Waals surface area contributed by atoms with E-state index in [2.05, 4.69) is 205 Å². The van der Waals surface area contributed by atoms with Crippen molar-refractivity contribution in [3.63, 3.8) is 0 Å². The molecule has 0 radical (unpaired) electrons.